The monoisotopic (exact) mass is 385 g/mol. The first-order chi connectivity index (χ1) is 13.2. The van der Waals surface area contributed by atoms with Gasteiger partial charge in [0.2, 0.25) is 0 Å². The van der Waals surface area contributed by atoms with Gasteiger partial charge >= 0.3 is 0 Å². The second kappa shape index (κ2) is 10.7. The first-order valence-corrected chi connectivity index (χ1v) is 10.8. The molecule has 1 aliphatic rings. The molecule has 0 radical (unpaired) electrons. The molecule has 1 heterocycles. The van der Waals surface area contributed by atoms with Crippen LogP contribution in [0.1, 0.15) is 17.5 Å². The third-order valence-corrected chi connectivity index (χ3v) is 6.15. The van der Waals surface area contributed by atoms with Gasteiger partial charge in [-0.1, -0.05) is 30.3 Å². The van der Waals surface area contributed by atoms with Crippen molar-refractivity contribution in [3.05, 3.63) is 59.7 Å². The second-order valence-corrected chi connectivity index (χ2v) is 8.15. The standard InChI is InChI=1S/C22H31N3OS/c1-18-15-19(16-23)7-8-22(18)24-20(9-10-25-11-13-26-14-12-25)17-27-21-5-3-2-4-6-21/h2-8,15,20,24H,9-14,16-17,23H2,1H3/t20-/m1/s1. The lowest BCUT2D eigenvalue weighted by Gasteiger charge is -2.29. The van der Waals surface area contributed by atoms with Crippen LogP contribution in [-0.2, 0) is 11.3 Å². The van der Waals surface area contributed by atoms with Gasteiger partial charge in [0, 0.05) is 48.6 Å². The summed E-state index contributed by atoms with van der Waals surface area (Å²) in [6, 6.07) is 17.6. The van der Waals surface area contributed by atoms with E-state index in [-0.39, 0.29) is 0 Å². The molecule has 0 unspecified atom stereocenters. The number of nitrogens with one attached hydrogen (secondary N) is 1. The SMILES string of the molecule is Cc1cc(CN)ccc1N[C@H](CCN1CCOCC1)CSc1ccccc1. The maximum atomic E-state index is 5.77. The van der Waals surface area contributed by atoms with Gasteiger partial charge in [-0.3, -0.25) is 4.90 Å². The normalized spacial score (nSPS) is 16.2. The van der Waals surface area contributed by atoms with Crippen LogP contribution in [0.5, 0.6) is 0 Å². The number of morpholine rings is 1. The molecule has 146 valence electrons. The second-order valence-electron chi connectivity index (χ2n) is 7.06. The summed E-state index contributed by atoms with van der Waals surface area (Å²) in [5.74, 6) is 1.05. The zero-order valence-electron chi connectivity index (χ0n) is 16.2. The van der Waals surface area contributed by atoms with E-state index >= 15 is 0 Å². The quantitative estimate of drug-likeness (QED) is 0.644. The Balaban J connectivity index is 1.62. The van der Waals surface area contributed by atoms with Crippen molar-refractivity contribution in [3.63, 3.8) is 0 Å². The van der Waals surface area contributed by atoms with E-state index in [4.69, 9.17) is 10.5 Å². The molecule has 0 aliphatic carbocycles. The van der Waals surface area contributed by atoms with Crippen molar-refractivity contribution in [2.45, 2.75) is 30.8 Å². The molecule has 0 spiro atoms. The smallest absolute Gasteiger partial charge is 0.0594 e. The average molecular weight is 386 g/mol. The van der Waals surface area contributed by atoms with Gasteiger partial charge in [-0.2, -0.15) is 0 Å². The van der Waals surface area contributed by atoms with Gasteiger partial charge in [0.25, 0.3) is 0 Å². The Morgan fingerprint density at radius 1 is 1.15 bits per heavy atom. The van der Waals surface area contributed by atoms with E-state index in [1.807, 2.05) is 11.8 Å². The van der Waals surface area contributed by atoms with Crippen LogP contribution in [0.4, 0.5) is 5.69 Å². The highest BCUT2D eigenvalue weighted by Gasteiger charge is 2.15. The molecular formula is C22H31N3OS. The van der Waals surface area contributed by atoms with Crippen molar-refractivity contribution in [1.29, 1.82) is 0 Å². The maximum Gasteiger partial charge on any atom is 0.0594 e. The zero-order valence-corrected chi connectivity index (χ0v) is 17.0. The van der Waals surface area contributed by atoms with Crippen LogP contribution >= 0.6 is 11.8 Å². The van der Waals surface area contributed by atoms with Gasteiger partial charge in [0.15, 0.2) is 0 Å². The van der Waals surface area contributed by atoms with E-state index in [1.54, 1.807) is 0 Å². The summed E-state index contributed by atoms with van der Waals surface area (Å²) in [5.41, 5.74) is 9.43. The molecule has 27 heavy (non-hydrogen) atoms. The summed E-state index contributed by atoms with van der Waals surface area (Å²) in [6.45, 7) is 7.66. The fraction of sp³-hybridized carbons (Fsp3) is 0.455. The molecule has 1 fully saturated rings. The molecular weight excluding hydrogens is 354 g/mol. The molecule has 3 N–H and O–H groups in total. The Labute approximate surface area is 167 Å². The van der Waals surface area contributed by atoms with E-state index < -0.39 is 0 Å². The number of nitrogens with zero attached hydrogens (tertiary/aromatic N) is 1. The van der Waals surface area contributed by atoms with E-state index in [1.165, 1.54) is 21.7 Å². The number of hydrogen-bond acceptors (Lipinski definition) is 5. The summed E-state index contributed by atoms with van der Waals surface area (Å²) < 4.78 is 5.47. The molecule has 0 bridgehead atoms. The molecule has 0 amide bonds. The van der Waals surface area contributed by atoms with Crippen molar-refractivity contribution in [1.82, 2.24) is 4.90 Å². The van der Waals surface area contributed by atoms with E-state index in [2.05, 4.69) is 65.7 Å². The Morgan fingerprint density at radius 2 is 1.93 bits per heavy atom. The van der Waals surface area contributed by atoms with Gasteiger partial charge in [-0.05, 0) is 42.7 Å². The summed E-state index contributed by atoms with van der Waals surface area (Å²) in [4.78, 5) is 3.83. The Hall–Kier alpha value is -1.53. The van der Waals surface area contributed by atoms with Gasteiger partial charge in [0.1, 0.15) is 0 Å². The highest BCUT2D eigenvalue weighted by Crippen LogP contribution is 2.23. The Morgan fingerprint density at radius 3 is 2.63 bits per heavy atom. The fourth-order valence-corrected chi connectivity index (χ4v) is 4.30. The van der Waals surface area contributed by atoms with Crippen molar-refractivity contribution < 1.29 is 4.74 Å². The molecule has 0 saturated carbocycles. The van der Waals surface area contributed by atoms with E-state index in [9.17, 15) is 0 Å². The van der Waals surface area contributed by atoms with Crippen LogP contribution in [0.3, 0.4) is 0 Å². The minimum absolute atomic E-state index is 0.417. The fourth-order valence-electron chi connectivity index (χ4n) is 3.31. The van der Waals surface area contributed by atoms with Crippen LogP contribution in [0.15, 0.2) is 53.4 Å². The van der Waals surface area contributed by atoms with Gasteiger partial charge in [-0.25, -0.2) is 0 Å². The van der Waals surface area contributed by atoms with Gasteiger partial charge in [0.05, 0.1) is 13.2 Å². The largest absolute Gasteiger partial charge is 0.381 e. The van der Waals surface area contributed by atoms with Crippen molar-refractivity contribution >= 4 is 17.4 Å². The minimum Gasteiger partial charge on any atom is -0.381 e. The van der Waals surface area contributed by atoms with Crippen molar-refractivity contribution in [2.75, 3.05) is 43.9 Å². The molecule has 4 nitrogen and oxygen atoms in total. The van der Waals surface area contributed by atoms with Gasteiger partial charge < -0.3 is 15.8 Å². The third kappa shape index (κ3) is 6.54. The van der Waals surface area contributed by atoms with E-state index in [0.29, 0.717) is 12.6 Å². The molecule has 3 rings (SSSR count). The van der Waals surface area contributed by atoms with Crippen LogP contribution in [0, 0.1) is 6.92 Å². The number of aryl methyl sites for hydroxylation is 1. The number of hydrogen-bond donors (Lipinski definition) is 2. The summed E-state index contributed by atoms with van der Waals surface area (Å²) in [6.07, 6.45) is 1.12. The number of nitrogens with two attached hydrogens (primary N) is 1. The predicted octanol–water partition coefficient (Wildman–Crippen LogP) is 3.75. The average Bonchev–Trinajstić information content (AvgIpc) is 2.72. The molecule has 2 aromatic rings. The lowest BCUT2D eigenvalue weighted by molar-refractivity contribution is 0.0370. The zero-order chi connectivity index (χ0) is 18.9. The van der Waals surface area contributed by atoms with Crippen molar-refractivity contribution in [2.24, 2.45) is 5.73 Å². The van der Waals surface area contributed by atoms with Crippen molar-refractivity contribution in [3.8, 4) is 0 Å². The Bertz CT molecular complexity index is 689. The first kappa shape index (κ1) is 20.2. The Kier molecular flexibility index (Phi) is 8.02. The molecule has 5 heteroatoms. The number of ether oxygens (including phenoxy) is 1. The summed E-state index contributed by atoms with van der Waals surface area (Å²) in [5, 5.41) is 3.79. The topological polar surface area (TPSA) is 50.5 Å². The number of thioether (sulfide) groups is 1. The maximum absolute atomic E-state index is 5.77. The highest BCUT2D eigenvalue weighted by molar-refractivity contribution is 7.99. The first-order valence-electron chi connectivity index (χ1n) is 9.78. The molecule has 1 atom stereocenters. The predicted molar refractivity (Wildman–Crippen MR) is 116 cm³/mol. The molecule has 2 aromatic carbocycles. The van der Waals surface area contributed by atoms with Crippen LogP contribution in [0.25, 0.3) is 0 Å². The number of rotatable bonds is 9. The van der Waals surface area contributed by atoms with E-state index in [0.717, 1.165) is 45.0 Å². The lowest BCUT2D eigenvalue weighted by Crippen LogP contribution is -2.39. The van der Waals surface area contributed by atoms with Crippen LogP contribution in [-0.4, -0.2) is 49.5 Å². The minimum atomic E-state index is 0.417. The lowest BCUT2D eigenvalue weighted by atomic mass is 10.1. The molecule has 0 aromatic heterocycles. The van der Waals surface area contributed by atoms with Crippen LogP contribution < -0.4 is 11.1 Å². The summed E-state index contributed by atoms with van der Waals surface area (Å²) >= 11 is 1.92. The number of anilines is 1. The summed E-state index contributed by atoms with van der Waals surface area (Å²) in [7, 11) is 0. The number of benzene rings is 2. The highest BCUT2D eigenvalue weighted by atomic mass is 32.2. The molecule has 1 saturated heterocycles. The molecule has 1 aliphatic heterocycles. The van der Waals surface area contributed by atoms with Crippen LogP contribution in [0.2, 0.25) is 0 Å². The van der Waals surface area contributed by atoms with Gasteiger partial charge in [-0.15, -0.1) is 11.8 Å². The third-order valence-electron chi connectivity index (χ3n) is 4.98.